The lowest BCUT2D eigenvalue weighted by atomic mass is 9.97. The number of cyclic esters (lactones) is 1. The van der Waals surface area contributed by atoms with Crippen molar-refractivity contribution in [2.24, 2.45) is 0 Å². The van der Waals surface area contributed by atoms with E-state index in [-0.39, 0.29) is 18.1 Å². The Labute approximate surface area is 134 Å². The van der Waals surface area contributed by atoms with Crippen LogP contribution in [0.1, 0.15) is 29.8 Å². The maximum Gasteiger partial charge on any atom is 0.339 e. The van der Waals surface area contributed by atoms with Crippen molar-refractivity contribution >= 4 is 23.5 Å². The second-order valence-corrected chi connectivity index (χ2v) is 6.34. The quantitative estimate of drug-likeness (QED) is 0.742. The number of nitrogens with zero attached hydrogens (tertiary/aromatic N) is 1. The number of rotatable bonds is 1. The minimum absolute atomic E-state index is 0.0157. The highest BCUT2D eigenvalue weighted by atomic mass is 35.5. The Kier molecular flexibility index (Phi) is 4.10. The molecule has 0 N–H and O–H groups in total. The van der Waals surface area contributed by atoms with E-state index in [9.17, 15) is 9.59 Å². The summed E-state index contributed by atoms with van der Waals surface area (Å²) in [6, 6.07) is 5.08. The van der Waals surface area contributed by atoms with E-state index in [2.05, 4.69) is 0 Å². The number of hydrogen-bond donors (Lipinski definition) is 0. The van der Waals surface area contributed by atoms with Crippen LogP contribution in [0.25, 0.3) is 0 Å². The molecule has 5 nitrogen and oxygen atoms in total. The van der Waals surface area contributed by atoms with Gasteiger partial charge in [0.15, 0.2) is 6.10 Å². The van der Waals surface area contributed by atoms with Gasteiger partial charge in [-0.05, 0) is 31.5 Å². The smallest absolute Gasteiger partial charge is 0.339 e. The lowest BCUT2D eigenvalue weighted by Crippen LogP contribution is -2.53. The van der Waals surface area contributed by atoms with E-state index in [4.69, 9.17) is 21.1 Å². The number of fused-ring (bicyclic) bond motifs is 1. The Morgan fingerprint density at radius 2 is 1.95 bits per heavy atom. The van der Waals surface area contributed by atoms with Gasteiger partial charge in [-0.2, -0.15) is 0 Å². The average molecular weight is 324 g/mol. The third kappa shape index (κ3) is 2.96. The zero-order chi connectivity index (χ0) is 15.9. The number of ether oxygens (including phenoxy) is 2. The number of benzene rings is 1. The molecule has 0 aliphatic carbocycles. The predicted molar refractivity (Wildman–Crippen MR) is 80.9 cm³/mol. The SMILES string of the molecule is CC1CN(C(=O)C2Cc3ccc(Cl)cc3C(=O)O2)CC(C)O1. The molecule has 0 bridgehead atoms. The van der Waals surface area contributed by atoms with Crippen molar-refractivity contribution in [2.75, 3.05) is 13.1 Å². The first-order valence-electron chi connectivity index (χ1n) is 7.37. The summed E-state index contributed by atoms with van der Waals surface area (Å²) >= 11 is 5.90. The second kappa shape index (κ2) is 5.89. The first-order valence-corrected chi connectivity index (χ1v) is 7.75. The fraction of sp³-hybridized carbons (Fsp3) is 0.500. The first kappa shape index (κ1) is 15.3. The summed E-state index contributed by atoms with van der Waals surface area (Å²) in [5.41, 5.74) is 1.24. The molecule has 0 aromatic heterocycles. The maximum atomic E-state index is 12.6. The molecule has 1 fully saturated rings. The molecule has 0 radical (unpaired) electrons. The number of hydrogen-bond acceptors (Lipinski definition) is 4. The van der Waals surface area contributed by atoms with Gasteiger partial charge in [-0.1, -0.05) is 17.7 Å². The van der Waals surface area contributed by atoms with E-state index in [0.29, 0.717) is 30.1 Å². The monoisotopic (exact) mass is 323 g/mol. The summed E-state index contributed by atoms with van der Waals surface area (Å²) < 4.78 is 11.0. The van der Waals surface area contributed by atoms with Crippen LogP contribution in [-0.2, 0) is 20.7 Å². The molecule has 3 rings (SSSR count). The van der Waals surface area contributed by atoms with Gasteiger partial charge < -0.3 is 14.4 Å². The van der Waals surface area contributed by atoms with Gasteiger partial charge in [-0.15, -0.1) is 0 Å². The van der Waals surface area contributed by atoms with Crippen LogP contribution in [0, 0.1) is 0 Å². The highest BCUT2D eigenvalue weighted by Crippen LogP contribution is 2.25. The lowest BCUT2D eigenvalue weighted by molar-refractivity contribution is -0.152. The van der Waals surface area contributed by atoms with Crippen LogP contribution in [0.3, 0.4) is 0 Å². The maximum absolute atomic E-state index is 12.6. The second-order valence-electron chi connectivity index (χ2n) is 5.90. The van der Waals surface area contributed by atoms with Crippen molar-refractivity contribution in [1.82, 2.24) is 4.90 Å². The van der Waals surface area contributed by atoms with Crippen molar-refractivity contribution in [3.63, 3.8) is 0 Å². The van der Waals surface area contributed by atoms with Gasteiger partial charge in [0.2, 0.25) is 0 Å². The lowest BCUT2D eigenvalue weighted by Gasteiger charge is -2.37. The largest absolute Gasteiger partial charge is 0.448 e. The first-order chi connectivity index (χ1) is 10.4. The minimum Gasteiger partial charge on any atom is -0.448 e. The van der Waals surface area contributed by atoms with Gasteiger partial charge in [0.1, 0.15) is 0 Å². The topological polar surface area (TPSA) is 55.8 Å². The molecule has 2 heterocycles. The normalized spacial score (nSPS) is 28.0. The summed E-state index contributed by atoms with van der Waals surface area (Å²) in [5, 5.41) is 0.483. The van der Waals surface area contributed by atoms with Gasteiger partial charge in [0.25, 0.3) is 5.91 Å². The predicted octanol–water partition coefficient (Wildman–Crippen LogP) is 2.06. The zero-order valence-electron chi connectivity index (χ0n) is 12.5. The van der Waals surface area contributed by atoms with Crippen molar-refractivity contribution in [3.8, 4) is 0 Å². The summed E-state index contributed by atoms with van der Waals surface area (Å²) in [6.45, 7) is 4.90. The third-order valence-corrected chi connectivity index (χ3v) is 4.19. The molecule has 0 saturated carbocycles. The van der Waals surface area contributed by atoms with E-state index in [1.54, 1.807) is 23.1 Å². The van der Waals surface area contributed by atoms with E-state index >= 15 is 0 Å². The molecular formula is C16H18ClNO4. The number of halogens is 1. The molecule has 1 saturated heterocycles. The van der Waals surface area contributed by atoms with Crippen LogP contribution in [0.15, 0.2) is 18.2 Å². The number of esters is 1. The van der Waals surface area contributed by atoms with Crippen LogP contribution in [0.4, 0.5) is 0 Å². The van der Waals surface area contributed by atoms with E-state index in [1.165, 1.54) is 0 Å². The van der Waals surface area contributed by atoms with Crippen molar-refractivity contribution in [2.45, 2.75) is 38.6 Å². The molecule has 118 valence electrons. The molecule has 2 aliphatic heterocycles. The molecule has 22 heavy (non-hydrogen) atoms. The summed E-state index contributed by atoms with van der Waals surface area (Å²) in [5.74, 6) is -0.646. The van der Waals surface area contributed by atoms with Crippen molar-refractivity contribution in [3.05, 3.63) is 34.3 Å². The Morgan fingerprint density at radius 1 is 1.27 bits per heavy atom. The molecule has 1 amide bonds. The molecule has 2 aliphatic rings. The van der Waals surface area contributed by atoms with Gasteiger partial charge in [0.05, 0.1) is 17.8 Å². The molecular weight excluding hydrogens is 306 g/mol. The van der Waals surface area contributed by atoms with Crippen LogP contribution in [0.2, 0.25) is 5.02 Å². The van der Waals surface area contributed by atoms with Crippen molar-refractivity contribution in [1.29, 1.82) is 0 Å². The minimum atomic E-state index is -0.765. The van der Waals surface area contributed by atoms with Gasteiger partial charge >= 0.3 is 5.97 Å². The summed E-state index contributed by atoms with van der Waals surface area (Å²) in [4.78, 5) is 26.4. The summed E-state index contributed by atoms with van der Waals surface area (Å²) in [6.07, 6.45) is -0.410. The number of carbonyl (C=O) groups excluding carboxylic acids is 2. The molecule has 1 aromatic rings. The number of amides is 1. The molecule has 6 heteroatoms. The van der Waals surface area contributed by atoms with Crippen LogP contribution in [0.5, 0.6) is 0 Å². The Hall–Kier alpha value is -1.59. The van der Waals surface area contributed by atoms with Crippen LogP contribution >= 0.6 is 11.6 Å². The van der Waals surface area contributed by atoms with Crippen molar-refractivity contribution < 1.29 is 19.1 Å². The third-order valence-electron chi connectivity index (χ3n) is 3.95. The molecule has 3 unspecified atom stereocenters. The number of morpholine rings is 1. The zero-order valence-corrected chi connectivity index (χ0v) is 13.3. The summed E-state index contributed by atoms with van der Waals surface area (Å²) in [7, 11) is 0. The van der Waals surface area contributed by atoms with E-state index < -0.39 is 12.1 Å². The standard InChI is InChI=1S/C16H18ClNO4/c1-9-7-18(8-10(2)21-9)15(19)14-5-11-3-4-12(17)6-13(11)16(20)22-14/h3-4,6,9-10,14H,5,7-8H2,1-2H3. The van der Waals surface area contributed by atoms with E-state index in [1.807, 2.05) is 13.8 Å². The Balaban J connectivity index is 1.77. The van der Waals surface area contributed by atoms with E-state index in [0.717, 1.165) is 5.56 Å². The molecule has 0 spiro atoms. The van der Waals surface area contributed by atoms with Crippen LogP contribution in [-0.4, -0.2) is 48.2 Å². The Morgan fingerprint density at radius 3 is 2.64 bits per heavy atom. The highest BCUT2D eigenvalue weighted by molar-refractivity contribution is 6.31. The fourth-order valence-corrected chi connectivity index (χ4v) is 3.22. The average Bonchev–Trinajstić information content (AvgIpc) is 2.46. The molecule has 3 atom stereocenters. The van der Waals surface area contributed by atoms with Gasteiger partial charge in [0, 0.05) is 24.5 Å². The molecule has 1 aromatic carbocycles. The van der Waals surface area contributed by atoms with Gasteiger partial charge in [-0.3, -0.25) is 4.79 Å². The van der Waals surface area contributed by atoms with Gasteiger partial charge in [-0.25, -0.2) is 4.79 Å². The number of carbonyl (C=O) groups is 2. The van der Waals surface area contributed by atoms with Crippen LogP contribution < -0.4 is 0 Å². The highest BCUT2D eigenvalue weighted by Gasteiger charge is 2.36. The Bertz CT molecular complexity index is 608. The fourth-order valence-electron chi connectivity index (χ4n) is 3.05.